The molecule has 2 aromatic carbocycles. The molecule has 5 aromatic rings. The molecule has 0 saturated heterocycles. The number of tetrazole rings is 1. The number of nitrogens with one attached hydrogen (secondary N) is 2. The van der Waals surface area contributed by atoms with Crippen molar-refractivity contribution in [2.75, 3.05) is 13.2 Å². The topological polar surface area (TPSA) is 223 Å². The normalized spacial score (nSPS) is 11.9. The quantitative estimate of drug-likeness (QED) is 0.140. The van der Waals surface area contributed by atoms with Crippen LogP contribution in [0.3, 0.4) is 0 Å². The SMILES string of the molecule is O=C(NO)c1cc(=O)c2cc(O)c(OCC(O)COc3ccc4c(=O)cc(-c5nn[nH]n5)oc4c3)cc2o1. The third-order valence-electron chi connectivity index (χ3n) is 5.27. The average molecular weight is 523 g/mol. The molecular formula is C23H17N5O10. The van der Waals surface area contributed by atoms with Crippen LogP contribution < -0.4 is 25.8 Å². The van der Waals surface area contributed by atoms with Gasteiger partial charge in [0.2, 0.25) is 5.82 Å². The minimum atomic E-state index is -1.17. The summed E-state index contributed by atoms with van der Waals surface area (Å²) >= 11 is 0. The number of ether oxygens (including phenoxy) is 2. The van der Waals surface area contributed by atoms with Gasteiger partial charge >= 0.3 is 5.91 Å². The first-order valence-electron chi connectivity index (χ1n) is 10.8. The molecule has 1 amide bonds. The molecule has 1 atom stereocenters. The molecule has 0 fully saturated rings. The second kappa shape index (κ2) is 10.00. The second-order valence-corrected chi connectivity index (χ2v) is 7.88. The van der Waals surface area contributed by atoms with E-state index in [1.54, 1.807) is 0 Å². The van der Waals surface area contributed by atoms with Crippen molar-refractivity contribution in [2.24, 2.45) is 0 Å². The van der Waals surface area contributed by atoms with Crippen LogP contribution in [0.2, 0.25) is 0 Å². The number of carbonyl (C=O) groups excluding carboxylic acids is 1. The van der Waals surface area contributed by atoms with Gasteiger partial charge in [-0.25, -0.2) is 5.48 Å². The molecule has 15 heteroatoms. The van der Waals surface area contributed by atoms with Gasteiger partial charge in [-0.05, 0) is 23.4 Å². The molecular weight excluding hydrogens is 506 g/mol. The molecule has 5 rings (SSSR count). The number of benzene rings is 2. The number of phenolic OH excluding ortho intramolecular Hbond substituents is 1. The first-order chi connectivity index (χ1) is 18.3. The van der Waals surface area contributed by atoms with Gasteiger partial charge in [-0.3, -0.25) is 19.6 Å². The van der Waals surface area contributed by atoms with Gasteiger partial charge in [0.05, 0.1) is 10.8 Å². The molecule has 1 unspecified atom stereocenters. The smallest absolute Gasteiger partial charge is 0.310 e. The number of aliphatic hydroxyl groups is 1. The Morgan fingerprint density at radius 2 is 1.76 bits per heavy atom. The summed E-state index contributed by atoms with van der Waals surface area (Å²) in [5.41, 5.74) is 0.527. The van der Waals surface area contributed by atoms with E-state index in [0.29, 0.717) is 5.39 Å². The third-order valence-corrected chi connectivity index (χ3v) is 5.27. The second-order valence-electron chi connectivity index (χ2n) is 7.88. The average Bonchev–Trinajstić information content (AvgIpc) is 3.45. The Balaban J connectivity index is 1.27. The molecule has 3 heterocycles. The molecule has 0 bridgehead atoms. The number of nitrogens with zero attached hydrogens (tertiary/aromatic N) is 3. The zero-order valence-electron chi connectivity index (χ0n) is 19.1. The largest absolute Gasteiger partial charge is 0.504 e. The highest BCUT2D eigenvalue weighted by molar-refractivity contribution is 5.92. The predicted octanol–water partition coefficient (Wildman–Crippen LogP) is 0.723. The Hall–Kier alpha value is -5.28. The zero-order valence-corrected chi connectivity index (χ0v) is 19.1. The summed E-state index contributed by atoms with van der Waals surface area (Å²) in [6.07, 6.45) is -1.17. The molecule has 3 aromatic heterocycles. The van der Waals surface area contributed by atoms with Gasteiger partial charge < -0.3 is 28.5 Å². The molecule has 0 saturated carbocycles. The van der Waals surface area contributed by atoms with E-state index in [4.69, 9.17) is 23.5 Å². The number of rotatable bonds is 8. The number of amides is 1. The van der Waals surface area contributed by atoms with Crippen LogP contribution in [0.25, 0.3) is 33.5 Å². The molecule has 5 N–H and O–H groups in total. The number of aromatic amines is 1. The van der Waals surface area contributed by atoms with Crippen molar-refractivity contribution in [2.45, 2.75) is 6.10 Å². The van der Waals surface area contributed by atoms with Crippen LogP contribution in [0.15, 0.2) is 60.9 Å². The van der Waals surface area contributed by atoms with Crippen molar-refractivity contribution in [3.05, 3.63) is 68.7 Å². The molecule has 194 valence electrons. The number of aliphatic hydroxyl groups excluding tert-OH is 1. The lowest BCUT2D eigenvalue weighted by Crippen LogP contribution is -2.25. The number of hydrogen-bond donors (Lipinski definition) is 5. The van der Waals surface area contributed by atoms with E-state index < -0.39 is 28.9 Å². The van der Waals surface area contributed by atoms with E-state index >= 15 is 0 Å². The Labute approximate surface area is 209 Å². The molecule has 0 radical (unpaired) electrons. The summed E-state index contributed by atoms with van der Waals surface area (Å²) in [6, 6.07) is 8.85. The third kappa shape index (κ3) is 4.86. The monoisotopic (exact) mass is 523 g/mol. The predicted molar refractivity (Wildman–Crippen MR) is 126 cm³/mol. The molecule has 38 heavy (non-hydrogen) atoms. The van der Waals surface area contributed by atoms with Crippen LogP contribution in [0, 0.1) is 0 Å². The fraction of sp³-hybridized carbons (Fsp3) is 0.130. The summed E-state index contributed by atoms with van der Waals surface area (Å²) in [7, 11) is 0. The lowest BCUT2D eigenvalue weighted by Gasteiger charge is -2.15. The van der Waals surface area contributed by atoms with Crippen molar-refractivity contribution < 1.29 is 38.5 Å². The van der Waals surface area contributed by atoms with Gasteiger partial charge in [0.15, 0.2) is 33.9 Å². The Morgan fingerprint density at radius 3 is 2.53 bits per heavy atom. The van der Waals surface area contributed by atoms with Crippen LogP contribution in [-0.4, -0.2) is 61.3 Å². The molecule has 0 spiro atoms. The highest BCUT2D eigenvalue weighted by atomic mass is 16.5. The van der Waals surface area contributed by atoms with Crippen LogP contribution >= 0.6 is 0 Å². The lowest BCUT2D eigenvalue weighted by molar-refractivity contribution is 0.0617. The number of H-pyrrole nitrogens is 1. The van der Waals surface area contributed by atoms with E-state index in [-0.39, 0.29) is 58.3 Å². The zero-order chi connectivity index (χ0) is 26.8. The van der Waals surface area contributed by atoms with Crippen molar-refractivity contribution in [3.63, 3.8) is 0 Å². The first-order valence-corrected chi connectivity index (χ1v) is 10.8. The van der Waals surface area contributed by atoms with Gasteiger partial charge in [-0.1, -0.05) is 0 Å². The number of hydroxylamine groups is 1. The number of fused-ring (bicyclic) bond motifs is 2. The Morgan fingerprint density at radius 1 is 1.00 bits per heavy atom. The van der Waals surface area contributed by atoms with Crippen molar-refractivity contribution in [1.29, 1.82) is 0 Å². The van der Waals surface area contributed by atoms with Crippen molar-refractivity contribution in [1.82, 2.24) is 26.1 Å². The van der Waals surface area contributed by atoms with Gasteiger partial charge in [0.25, 0.3) is 0 Å². The van der Waals surface area contributed by atoms with Crippen LogP contribution in [-0.2, 0) is 0 Å². The van der Waals surface area contributed by atoms with E-state index in [1.165, 1.54) is 35.8 Å². The first kappa shape index (κ1) is 24.4. The summed E-state index contributed by atoms with van der Waals surface area (Å²) in [5.74, 6) is -1.53. The highest BCUT2D eigenvalue weighted by Crippen LogP contribution is 2.31. The fourth-order valence-corrected chi connectivity index (χ4v) is 3.48. The minimum absolute atomic E-state index is 0.0290. The maximum Gasteiger partial charge on any atom is 0.310 e. The van der Waals surface area contributed by atoms with E-state index in [1.807, 2.05) is 0 Å². The Kier molecular flexibility index (Phi) is 6.42. The summed E-state index contributed by atoms with van der Waals surface area (Å²) in [4.78, 5) is 36.1. The maximum absolute atomic E-state index is 12.4. The van der Waals surface area contributed by atoms with Crippen LogP contribution in [0.5, 0.6) is 17.2 Å². The van der Waals surface area contributed by atoms with Gasteiger partial charge in [0, 0.05) is 24.3 Å². The summed E-state index contributed by atoms with van der Waals surface area (Å²) in [6.45, 7) is -0.560. The standard InChI is InChI=1S/C23H17N5O10/c29-10(9-36-19-7-18-13(4-16(19)32)15(31)6-21(38-18)23(33)26-34)8-35-11-1-2-12-14(30)5-20(37-17(12)3-11)22-24-27-28-25-22/h1-7,10,29,32,34H,8-9H2,(H,26,33)(H,24,25,27,28). The molecule has 0 aliphatic carbocycles. The fourth-order valence-electron chi connectivity index (χ4n) is 3.48. The van der Waals surface area contributed by atoms with Gasteiger partial charge in [-0.15, -0.1) is 10.2 Å². The lowest BCUT2D eigenvalue weighted by atomic mass is 10.2. The van der Waals surface area contributed by atoms with E-state index in [0.717, 1.165) is 12.1 Å². The van der Waals surface area contributed by atoms with E-state index in [2.05, 4.69) is 20.6 Å². The maximum atomic E-state index is 12.4. The van der Waals surface area contributed by atoms with Gasteiger partial charge in [-0.2, -0.15) is 5.21 Å². The van der Waals surface area contributed by atoms with Crippen LogP contribution in [0.4, 0.5) is 0 Å². The number of carbonyl (C=O) groups is 1. The number of aromatic hydroxyl groups is 1. The molecule has 15 nitrogen and oxygen atoms in total. The summed E-state index contributed by atoms with van der Waals surface area (Å²) < 4.78 is 22.0. The minimum Gasteiger partial charge on any atom is -0.504 e. The molecule has 0 aliphatic rings. The number of hydrogen-bond acceptors (Lipinski definition) is 13. The van der Waals surface area contributed by atoms with Crippen LogP contribution in [0.1, 0.15) is 10.6 Å². The van der Waals surface area contributed by atoms with Crippen molar-refractivity contribution >= 4 is 27.8 Å². The highest BCUT2D eigenvalue weighted by Gasteiger charge is 2.16. The molecule has 0 aliphatic heterocycles. The van der Waals surface area contributed by atoms with Gasteiger partial charge in [0.1, 0.15) is 36.2 Å². The summed E-state index contributed by atoms with van der Waals surface area (Å²) in [5, 5.41) is 42.8. The van der Waals surface area contributed by atoms with E-state index in [9.17, 15) is 24.6 Å². The number of phenols is 1. The van der Waals surface area contributed by atoms with Crippen molar-refractivity contribution in [3.8, 4) is 28.8 Å². The number of aromatic nitrogens is 4. The Bertz CT molecular complexity index is 1760.